The van der Waals surface area contributed by atoms with Crippen LogP contribution >= 0.6 is 11.6 Å². The second-order valence-corrected chi connectivity index (χ2v) is 10.6. The van der Waals surface area contributed by atoms with Crippen LogP contribution in [0.2, 0.25) is 5.02 Å². The first-order valence-corrected chi connectivity index (χ1v) is 12.5. The number of nitrogens with zero attached hydrogens (tertiary/aromatic N) is 3. The SMILES string of the molecule is CC1CN(S(=O)(=O)c2cc(C(=O)Nc3ccc(N4CCCC4)nc3)ccc2Cl)CC(C)O1. The molecule has 0 spiro atoms. The second-order valence-electron chi connectivity index (χ2n) is 8.28. The zero-order valence-electron chi connectivity index (χ0n) is 18.1. The minimum absolute atomic E-state index is 0.0741. The summed E-state index contributed by atoms with van der Waals surface area (Å²) in [6.45, 7) is 6.09. The van der Waals surface area contributed by atoms with E-state index in [0.29, 0.717) is 5.69 Å². The molecule has 10 heteroatoms. The Morgan fingerprint density at radius 1 is 1.12 bits per heavy atom. The summed E-state index contributed by atoms with van der Waals surface area (Å²) in [5, 5.41) is 2.85. The van der Waals surface area contributed by atoms with Crippen molar-refractivity contribution in [3.05, 3.63) is 47.1 Å². The van der Waals surface area contributed by atoms with Crippen molar-refractivity contribution >= 4 is 39.0 Å². The molecule has 1 amide bonds. The summed E-state index contributed by atoms with van der Waals surface area (Å²) in [7, 11) is -3.88. The highest BCUT2D eigenvalue weighted by molar-refractivity contribution is 7.89. The van der Waals surface area contributed by atoms with E-state index in [1.54, 1.807) is 12.3 Å². The van der Waals surface area contributed by atoms with Gasteiger partial charge in [-0.15, -0.1) is 0 Å². The van der Waals surface area contributed by atoms with Gasteiger partial charge >= 0.3 is 0 Å². The van der Waals surface area contributed by atoms with Crippen molar-refractivity contribution in [1.29, 1.82) is 0 Å². The van der Waals surface area contributed by atoms with Crippen LogP contribution in [0.1, 0.15) is 37.0 Å². The molecular weight excluding hydrogens is 452 g/mol. The summed E-state index contributed by atoms with van der Waals surface area (Å²) in [5.74, 6) is 0.451. The minimum atomic E-state index is -3.88. The maximum Gasteiger partial charge on any atom is 0.255 e. The number of amides is 1. The molecule has 1 N–H and O–H groups in total. The third kappa shape index (κ3) is 4.91. The fourth-order valence-electron chi connectivity index (χ4n) is 4.10. The Morgan fingerprint density at radius 2 is 1.81 bits per heavy atom. The zero-order chi connectivity index (χ0) is 22.9. The van der Waals surface area contributed by atoms with Crippen LogP contribution in [0.15, 0.2) is 41.4 Å². The number of carbonyl (C=O) groups excluding carboxylic acids is 1. The summed E-state index contributed by atoms with van der Waals surface area (Å²) >= 11 is 6.23. The van der Waals surface area contributed by atoms with E-state index in [1.807, 2.05) is 19.9 Å². The van der Waals surface area contributed by atoms with Crippen LogP contribution in [0.5, 0.6) is 0 Å². The van der Waals surface area contributed by atoms with Crippen LogP contribution in [0, 0.1) is 0 Å². The van der Waals surface area contributed by atoms with Gasteiger partial charge in [0.2, 0.25) is 10.0 Å². The van der Waals surface area contributed by atoms with E-state index >= 15 is 0 Å². The van der Waals surface area contributed by atoms with Crippen molar-refractivity contribution in [1.82, 2.24) is 9.29 Å². The molecule has 4 rings (SSSR count). The van der Waals surface area contributed by atoms with E-state index in [-0.39, 0.29) is 40.8 Å². The minimum Gasteiger partial charge on any atom is -0.373 e. The molecule has 8 nitrogen and oxygen atoms in total. The number of hydrogen-bond acceptors (Lipinski definition) is 6. The van der Waals surface area contributed by atoms with E-state index in [9.17, 15) is 13.2 Å². The lowest BCUT2D eigenvalue weighted by molar-refractivity contribution is -0.0440. The lowest BCUT2D eigenvalue weighted by atomic mass is 10.2. The number of rotatable bonds is 5. The van der Waals surface area contributed by atoms with Crippen LogP contribution in [-0.2, 0) is 14.8 Å². The zero-order valence-corrected chi connectivity index (χ0v) is 19.7. The van der Waals surface area contributed by atoms with E-state index in [4.69, 9.17) is 16.3 Å². The van der Waals surface area contributed by atoms with Crippen molar-refractivity contribution < 1.29 is 17.9 Å². The molecule has 2 aliphatic heterocycles. The van der Waals surface area contributed by atoms with Crippen LogP contribution < -0.4 is 10.2 Å². The highest BCUT2D eigenvalue weighted by Crippen LogP contribution is 2.28. The molecule has 0 radical (unpaired) electrons. The fourth-order valence-corrected chi connectivity index (χ4v) is 6.20. The molecular formula is C22H27ClN4O4S. The third-order valence-electron chi connectivity index (χ3n) is 5.63. The molecule has 172 valence electrons. The number of sulfonamides is 1. The number of ether oxygens (including phenoxy) is 1. The van der Waals surface area contributed by atoms with Gasteiger partial charge in [0.05, 0.1) is 29.1 Å². The van der Waals surface area contributed by atoms with E-state index in [2.05, 4.69) is 15.2 Å². The van der Waals surface area contributed by atoms with Gasteiger partial charge in [0.1, 0.15) is 10.7 Å². The second kappa shape index (κ2) is 9.35. The number of carbonyl (C=O) groups is 1. The Bertz CT molecular complexity index is 1080. The average molecular weight is 479 g/mol. The molecule has 2 aromatic rings. The quantitative estimate of drug-likeness (QED) is 0.708. The molecule has 0 aliphatic carbocycles. The Kier molecular flexibility index (Phi) is 6.71. The number of benzene rings is 1. The van der Waals surface area contributed by atoms with Crippen LogP contribution in [0.3, 0.4) is 0 Å². The van der Waals surface area contributed by atoms with Crippen LogP contribution in [0.4, 0.5) is 11.5 Å². The Morgan fingerprint density at radius 3 is 2.44 bits per heavy atom. The molecule has 2 atom stereocenters. The predicted octanol–water partition coefficient (Wildman–Crippen LogP) is 3.39. The fraction of sp³-hybridized carbons (Fsp3) is 0.455. The number of hydrogen-bond donors (Lipinski definition) is 1. The Labute approximate surface area is 193 Å². The first-order valence-electron chi connectivity index (χ1n) is 10.7. The first-order chi connectivity index (χ1) is 15.2. The third-order valence-corrected chi connectivity index (χ3v) is 7.95. The smallest absolute Gasteiger partial charge is 0.255 e. The van der Waals surface area contributed by atoms with Gasteiger partial charge in [-0.3, -0.25) is 4.79 Å². The van der Waals surface area contributed by atoms with Gasteiger partial charge in [-0.2, -0.15) is 4.31 Å². The molecule has 2 unspecified atom stereocenters. The number of aromatic nitrogens is 1. The molecule has 2 aliphatic rings. The monoisotopic (exact) mass is 478 g/mol. The van der Waals surface area contributed by atoms with E-state index in [1.165, 1.54) is 22.5 Å². The van der Waals surface area contributed by atoms with Gasteiger partial charge in [0.25, 0.3) is 5.91 Å². The van der Waals surface area contributed by atoms with Crippen molar-refractivity contribution in [2.24, 2.45) is 0 Å². The molecule has 0 saturated carbocycles. The number of anilines is 2. The maximum atomic E-state index is 13.2. The van der Waals surface area contributed by atoms with E-state index < -0.39 is 15.9 Å². The maximum absolute atomic E-state index is 13.2. The van der Waals surface area contributed by atoms with Gasteiger partial charge < -0.3 is 15.0 Å². The van der Waals surface area contributed by atoms with E-state index in [0.717, 1.165) is 31.7 Å². The highest BCUT2D eigenvalue weighted by atomic mass is 35.5. The summed E-state index contributed by atoms with van der Waals surface area (Å²) in [4.78, 5) is 19.4. The summed E-state index contributed by atoms with van der Waals surface area (Å²) in [6, 6.07) is 7.94. The molecule has 32 heavy (non-hydrogen) atoms. The molecule has 1 aromatic heterocycles. The van der Waals surface area contributed by atoms with Gasteiger partial charge in [-0.05, 0) is 57.0 Å². The van der Waals surface area contributed by atoms with Gasteiger partial charge in [0.15, 0.2) is 0 Å². The number of pyridine rings is 1. The number of halogens is 1. The highest BCUT2D eigenvalue weighted by Gasteiger charge is 2.34. The van der Waals surface area contributed by atoms with Crippen LogP contribution in [0.25, 0.3) is 0 Å². The first kappa shape index (κ1) is 23.0. The van der Waals surface area contributed by atoms with Crippen molar-refractivity contribution in [3.8, 4) is 0 Å². The van der Waals surface area contributed by atoms with Gasteiger partial charge in [-0.1, -0.05) is 11.6 Å². The number of nitrogens with one attached hydrogen (secondary N) is 1. The van der Waals surface area contributed by atoms with Crippen molar-refractivity contribution in [2.75, 3.05) is 36.4 Å². The summed E-state index contributed by atoms with van der Waals surface area (Å²) in [6.07, 6.45) is 3.47. The number of morpholine rings is 1. The summed E-state index contributed by atoms with van der Waals surface area (Å²) < 4.78 is 33.5. The standard InChI is InChI=1S/C22H27ClN4O4S/c1-15-13-27(14-16(2)31-15)32(29,30)20-11-17(5-7-19(20)23)22(28)25-18-6-8-21(24-12-18)26-9-3-4-10-26/h5-8,11-12,15-16H,3-4,9-10,13-14H2,1-2H3,(H,25,28). The van der Waals surface area contributed by atoms with Gasteiger partial charge in [-0.25, -0.2) is 13.4 Å². The molecule has 2 saturated heterocycles. The molecule has 3 heterocycles. The molecule has 0 bridgehead atoms. The van der Waals surface area contributed by atoms with Crippen molar-refractivity contribution in [2.45, 2.75) is 43.8 Å². The van der Waals surface area contributed by atoms with Crippen LogP contribution in [-0.4, -0.2) is 62.0 Å². The Balaban J connectivity index is 1.52. The predicted molar refractivity (Wildman–Crippen MR) is 124 cm³/mol. The average Bonchev–Trinajstić information content (AvgIpc) is 3.28. The normalized spacial score (nSPS) is 22.2. The largest absolute Gasteiger partial charge is 0.373 e. The Hall–Kier alpha value is -2.20. The molecule has 1 aromatic carbocycles. The lowest BCUT2D eigenvalue weighted by Crippen LogP contribution is -2.48. The van der Waals surface area contributed by atoms with Gasteiger partial charge in [0, 0.05) is 31.7 Å². The van der Waals surface area contributed by atoms with Crippen molar-refractivity contribution in [3.63, 3.8) is 0 Å². The lowest BCUT2D eigenvalue weighted by Gasteiger charge is -2.34. The molecule has 2 fully saturated rings. The topological polar surface area (TPSA) is 91.8 Å². The summed E-state index contributed by atoms with van der Waals surface area (Å²) in [5.41, 5.74) is 0.735.